The van der Waals surface area contributed by atoms with Gasteiger partial charge < -0.3 is 19.5 Å². The minimum Gasteiger partial charge on any atom is -0.502 e. The Hall–Kier alpha value is -3.28. The summed E-state index contributed by atoms with van der Waals surface area (Å²) in [6.07, 6.45) is 1.88. The van der Waals surface area contributed by atoms with Gasteiger partial charge in [0.2, 0.25) is 5.75 Å². The molecule has 30 heavy (non-hydrogen) atoms. The van der Waals surface area contributed by atoms with E-state index in [2.05, 4.69) is 6.58 Å². The molecule has 3 atom stereocenters. The molecule has 3 aliphatic rings. The van der Waals surface area contributed by atoms with Gasteiger partial charge in [-0.15, -0.1) is 0 Å². The van der Waals surface area contributed by atoms with Crippen LogP contribution in [0.3, 0.4) is 0 Å². The summed E-state index contributed by atoms with van der Waals surface area (Å²) >= 11 is 0. The van der Waals surface area contributed by atoms with E-state index in [4.69, 9.17) is 14.5 Å². The number of methoxy groups -OCH3 is 2. The molecule has 1 amide bonds. The Bertz CT molecular complexity index is 1160. The van der Waals surface area contributed by atoms with Gasteiger partial charge >= 0.3 is 0 Å². The van der Waals surface area contributed by atoms with Gasteiger partial charge in [-0.3, -0.25) is 9.79 Å². The van der Waals surface area contributed by atoms with Crippen LogP contribution in [0.4, 0.5) is 0 Å². The monoisotopic (exact) mass is 404 g/mol. The highest BCUT2D eigenvalue weighted by Crippen LogP contribution is 2.51. The number of phenols is 1. The van der Waals surface area contributed by atoms with Crippen LogP contribution in [0.25, 0.3) is 5.57 Å². The molecule has 3 aliphatic heterocycles. The zero-order valence-electron chi connectivity index (χ0n) is 17.1. The molecule has 6 heteroatoms. The Morgan fingerprint density at radius 1 is 1.17 bits per heavy atom. The van der Waals surface area contributed by atoms with E-state index in [9.17, 15) is 9.90 Å². The molecule has 2 fully saturated rings. The summed E-state index contributed by atoms with van der Waals surface area (Å²) in [4.78, 5) is 20.3. The lowest BCUT2D eigenvalue weighted by Crippen LogP contribution is -2.53. The minimum atomic E-state index is -0.231. The van der Waals surface area contributed by atoms with E-state index in [1.165, 1.54) is 14.2 Å². The molecule has 154 valence electrons. The van der Waals surface area contributed by atoms with Crippen molar-refractivity contribution in [3.8, 4) is 17.2 Å². The quantitative estimate of drug-likeness (QED) is 0.851. The smallest absolute Gasteiger partial charge is 0.251 e. The van der Waals surface area contributed by atoms with Crippen LogP contribution in [-0.4, -0.2) is 42.7 Å². The zero-order valence-corrected chi connectivity index (χ0v) is 17.1. The van der Waals surface area contributed by atoms with Crippen molar-refractivity contribution in [1.29, 1.82) is 0 Å². The molecular formula is C24H24N2O4. The first-order valence-corrected chi connectivity index (χ1v) is 10.2. The fourth-order valence-electron chi connectivity index (χ4n) is 5.31. The topological polar surface area (TPSA) is 71.4 Å². The summed E-state index contributed by atoms with van der Waals surface area (Å²) < 4.78 is 10.8. The summed E-state index contributed by atoms with van der Waals surface area (Å²) in [5.41, 5.74) is 2.41. The third-order valence-corrected chi connectivity index (χ3v) is 6.58. The number of phenolic OH excluding ortho intramolecular Hbond substituents is 1. The van der Waals surface area contributed by atoms with E-state index in [1.54, 1.807) is 0 Å². The van der Waals surface area contributed by atoms with E-state index in [0.717, 1.165) is 41.1 Å². The number of carbonyl (C=O) groups is 1. The summed E-state index contributed by atoms with van der Waals surface area (Å²) in [5, 5.41) is 12.1. The molecule has 0 aliphatic carbocycles. The van der Waals surface area contributed by atoms with Crippen molar-refractivity contribution in [2.75, 3.05) is 20.8 Å². The molecule has 1 N–H and O–H groups in total. The number of ether oxygens (including phenoxy) is 2. The molecule has 0 radical (unpaired) electrons. The molecular weight excluding hydrogens is 380 g/mol. The van der Waals surface area contributed by atoms with Crippen LogP contribution in [0.15, 0.2) is 53.7 Å². The highest BCUT2D eigenvalue weighted by Gasteiger charge is 2.50. The highest BCUT2D eigenvalue weighted by molar-refractivity contribution is 6.16. The lowest BCUT2D eigenvalue weighted by molar-refractivity contribution is -0.128. The fraction of sp³-hybridized carbons (Fsp3) is 0.333. The van der Waals surface area contributed by atoms with Crippen LogP contribution in [0.1, 0.15) is 24.3 Å². The van der Waals surface area contributed by atoms with Crippen molar-refractivity contribution in [2.24, 2.45) is 10.9 Å². The number of allylic oxidation sites excluding steroid dienone is 1. The summed E-state index contributed by atoms with van der Waals surface area (Å²) in [5.74, 6) is 0.483. The van der Waals surface area contributed by atoms with Crippen molar-refractivity contribution in [1.82, 2.24) is 4.90 Å². The number of nitrogens with zero attached hydrogens (tertiary/aromatic N) is 2. The Morgan fingerprint density at radius 3 is 2.57 bits per heavy atom. The summed E-state index contributed by atoms with van der Waals surface area (Å²) in [6, 6.07) is 11.5. The second kappa shape index (κ2) is 6.90. The van der Waals surface area contributed by atoms with E-state index in [0.29, 0.717) is 17.2 Å². The Balaban J connectivity index is 1.78. The van der Waals surface area contributed by atoms with Gasteiger partial charge in [0.15, 0.2) is 11.5 Å². The van der Waals surface area contributed by atoms with Crippen LogP contribution in [-0.2, 0) is 4.79 Å². The van der Waals surface area contributed by atoms with Crippen LogP contribution in [0, 0.1) is 5.92 Å². The largest absolute Gasteiger partial charge is 0.502 e. The van der Waals surface area contributed by atoms with Crippen LogP contribution in [0.5, 0.6) is 17.2 Å². The maximum absolute atomic E-state index is 13.5. The number of hydrogen-bond donors (Lipinski definition) is 1. The minimum absolute atomic E-state index is 0.0272. The predicted molar refractivity (Wildman–Crippen MR) is 112 cm³/mol. The molecule has 2 aromatic rings. The Labute approximate surface area is 174 Å². The van der Waals surface area contributed by atoms with Gasteiger partial charge in [0, 0.05) is 40.9 Å². The first-order chi connectivity index (χ1) is 14.5. The fourth-order valence-corrected chi connectivity index (χ4v) is 5.31. The van der Waals surface area contributed by atoms with Gasteiger partial charge in [0.25, 0.3) is 5.91 Å². The lowest BCUT2D eigenvalue weighted by atomic mass is 9.70. The van der Waals surface area contributed by atoms with Gasteiger partial charge in [-0.2, -0.15) is 0 Å². The van der Waals surface area contributed by atoms with Crippen LogP contribution < -0.4 is 20.0 Å². The summed E-state index contributed by atoms with van der Waals surface area (Å²) in [7, 11) is 3.04. The molecule has 5 rings (SSSR count). The van der Waals surface area contributed by atoms with E-state index in [-0.39, 0.29) is 29.5 Å². The SMILES string of the molecule is C=C1N=c2ccccc2=C2C(=O)N3CCCC3C(c3cc(OC)c(O)c(OC)c3)C12. The number of benzene rings is 2. The Morgan fingerprint density at radius 2 is 1.87 bits per heavy atom. The first-order valence-electron chi connectivity index (χ1n) is 10.2. The number of piperidine rings is 1. The number of hydrogen-bond acceptors (Lipinski definition) is 5. The number of carbonyl (C=O) groups excluding carboxylic acids is 1. The third-order valence-electron chi connectivity index (χ3n) is 6.58. The van der Waals surface area contributed by atoms with E-state index >= 15 is 0 Å². The molecule has 3 unspecified atom stereocenters. The highest BCUT2D eigenvalue weighted by atomic mass is 16.5. The van der Waals surface area contributed by atoms with Crippen molar-refractivity contribution in [3.05, 3.63) is 64.8 Å². The molecule has 0 aromatic heterocycles. The molecule has 2 saturated heterocycles. The molecule has 3 heterocycles. The maximum Gasteiger partial charge on any atom is 0.251 e. The molecule has 0 saturated carbocycles. The average Bonchev–Trinajstić information content (AvgIpc) is 3.24. The zero-order chi connectivity index (χ0) is 21.0. The van der Waals surface area contributed by atoms with Gasteiger partial charge in [0.05, 0.1) is 19.6 Å². The van der Waals surface area contributed by atoms with Gasteiger partial charge in [-0.1, -0.05) is 24.8 Å². The van der Waals surface area contributed by atoms with Crippen molar-refractivity contribution >= 4 is 11.5 Å². The normalized spacial score (nSPS) is 24.7. The second-order valence-corrected chi connectivity index (χ2v) is 8.02. The first kappa shape index (κ1) is 18.7. The number of rotatable bonds is 3. The van der Waals surface area contributed by atoms with Crippen molar-refractivity contribution in [3.63, 3.8) is 0 Å². The molecule has 2 aromatic carbocycles. The van der Waals surface area contributed by atoms with Gasteiger partial charge in [-0.05, 0) is 36.6 Å². The number of fused-ring (bicyclic) bond motifs is 3. The van der Waals surface area contributed by atoms with Crippen LogP contribution >= 0.6 is 0 Å². The van der Waals surface area contributed by atoms with Gasteiger partial charge in [0.1, 0.15) is 0 Å². The number of para-hydroxylation sites is 1. The van der Waals surface area contributed by atoms with E-state index in [1.807, 2.05) is 41.3 Å². The van der Waals surface area contributed by atoms with Gasteiger partial charge in [-0.25, -0.2) is 0 Å². The second-order valence-electron chi connectivity index (χ2n) is 8.02. The third kappa shape index (κ3) is 2.56. The average molecular weight is 404 g/mol. The van der Waals surface area contributed by atoms with E-state index < -0.39 is 0 Å². The maximum atomic E-state index is 13.5. The number of aromatic hydroxyl groups is 1. The number of amides is 1. The lowest BCUT2D eigenvalue weighted by Gasteiger charge is -2.44. The van der Waals surface area contributed by atoms with Crippen LogP contribution in [0.2, 0.25) is 0 Å². The molecule has 0 spiro atoms. The Kier molecular flexibility index (Phi) is 4.31. The molecule has 0 bridgehead atoms. The predicted octanol–water partition coefficient (Wildman–Crippen LogP) is 2.11. The molecule has 6 nitrogen and oxygen atoms in total. The summed E-state index contributed by atoms with van der Waals surface area (Å²) in [6.45, 7) is 5.00. The van der Waals surface area contributed by atoms with Crippen molar-refractivity contribution < 1.29 is 19.4 Å². The standard InChI is InChI=1S/C24H24N2O4/c1-13-20-21(14-11-18(29-2)23(27)19(12-14)30-3)17-9-6-10-26(17)24(28)22(20)15-7-4-5-8-16(15)25-13/h4-5,7-8,11-12,17,20-21,27H,1,6,9-10H2,2-3H3. The van der Waals surface area contributed by atoms with Crippen molar-refractivity contribution in [2.45, 2.75) is 24.8 Å².